The zero-order chi connectivity index (χ0) is 11.5. The molecule has 5 nitrogen and oxygen atoms in total. The van der Waals surface area contributed by atoms with Crippen molar-refractivity contribution in [3.63, 3.8) is 0 Å². The Labute approximate surface area is 92.5 Å². The van der Waals surface area contributed by atoms with Crippen LogP contribution in [0.4, 0.5) is 10.2 Å². The van der Waals surface area contributed by atoms with Gasteiger partial charge in [-0.05, 0) is 19.3 Å². The van der Waals surface area contributed by atoms with E-state index in [0.29, 0.717) is 18.8 Å². The van der Waals surface area contributed by atoms with E-state index in [9.17, 15) is 9.18 Å². The summed E-state index contributed by atoms with van der Waals surface area (Å²) in [6, 6.07) is 0.837. The molecule has 1 aliphatic rings. The summed E-state index contributed by atoms with van der Waals surface area (Å²) < 4.78 is 13.0. The largest absolute Gasteiger partial charge is 0.368 e. The van der Waals surface area contributed by atoms with Crippen LogP contribution in [0.2, 0.25) is 0 Å². The molecule has 1 amide bonds. The Morgan fingerprint density at radius 2 is 2.31 bits per heavy atom. The van der Waals surface area contributed by atoms with E-state index in [-0.39, 0.29) is 6.04 Å². The number of rotatable bonds is 2. The molecule has 1 saturated heterocycles. The number of carbonyl (C=O) groups excluding carboxylic acids is 1. The predicted molar refractivity (Wildman–Crippen MR) is 56.2 cm³/mol. The van der Waals surface area contributed by atoms with Gasteiger partial charge >= 0.3 is 0 Å². The highest BCUT2D eigenvalue weighted by Crippen LogP contribution is 2.22. The molecule has 2 N–H and O–H groups in total. The first-order chi connectivity index (χ1) is 7.68. The Kier molecular flexibility index (Phi) is 2.98. The second kappa shape index (κ2) is 4.42. The van der Waals surface area contributed by atoms with E-state index < -0.39 is 11.9 Å². The van der Waals surface area contributed by atoms with Gasteiger partial charge < -0.3 is 10.6 Å². The van der Waals surface area contributed by atoms with E-state index in [1.165, 1.54) is 6.07 Å². The summed E-state index contributed by atoms with van der Waals surface area (Å²) >= 11 is 0. The fraction of sp³-hybridized carbons (Fsp3) is 0.500. The molecule has 2 rings (SSSR count). The first-order valence-corrected chi connectivity index (χ1v) is 5.22. The number of anilines is 1. The number of hydrogen-bond donors (Lipinski definition) is 1. The Bertz CT molecular complexity index is 398. The number of aromatic nitrogens is 2. The first kappa shape index (κ1) is 10.8. The maximum Gasteiger partial charge on any atom is 0.240 e. The molecule has 86 valence electrons. The van der Waals surface area contributed by atoms with Crippen LogP contribution in [0, 0.1) is 5.95 Å². The second-order valence-electron chi connectivity index (χ2n) is 3.81. The van der Waals surface area contributed by atoms with Crippen molar-refractivity contribution in [2.75, 3.05) is 11.4 Å². The molecule has 0 radical (unpaired) electrons. The third-order valence-corrected chi connectivity index (χ3v) is 2.74. The van der Waals surface area contributed by atoms with Crippen LogP contribution in [0.5, 0.6) is 0 Å². The van der Waals surface area contributed by atoms with E-state index in [1.807, 2.05) is 0 Å². The number of hydrogen-bond acceptors (Lipinski definition) is 4. The lowest BCUT2D eigenvalue weighted by atomic mass is 10.0. The van der Waals surface area contributed by atoms with E-state index in [0.717, 1.165) is 19.2 Å². The minimum atomic E-state index is -0.598. The van der Waals surface area contributed by atoms with Gasteiger partial charge in [0.05, 0.1) is 0 Å². The molecule has 1 unspecified atom stereocenters. The van der Waals surface area contributed by atoms with Crippen molar-refractivity contribution in [3.8, 4) is 0 Å². The SMILES string of the molecule is NC(=O)C1CCCCN1c1cc(F)ncn1. The van der Waals surface area contributed by atoms with Gasteiger partial charge in [0.25, 0.3) is 0 Å². The van der Waals surface area contributed by atoms with Gasteiger partial charge in [-0.3, -0.25) is 4.79 Å². The van der Waals surface area contributed by atoms with Crippen molar-refractivity contribution in [3.05, 3.63) is 18.3 Å². The topological polar surface area (TPSA) is 72.1 Å². The van der Waals surface area contributed by atoms with Crippen LogP contribution in [0.15, 0.2) is 12.4 Å². The molecule has 1 aliphatic heterocycles. The van der Waals surface area contributed by atoms with Crippen molar-refractivity contribution < 1.29 is 9.18 Å². The minimum Gasteiger partial charge on any atom is -0.368 e. The molecule has 0 spiro atoms. The summed E-state index contributed by atoms with van der Waals surface area (Å²) in [6.07, 6.45) is 3.76. The monoisotopic (exact) mass is 224 g/mol. The number of nitrogens with two attached hydrogens (primary N) is 1. The van der Waals surface area contributed by atoms with Crippen LogP contribution in [0.1, 0.15) is 19.3 Å². The van der Waals surface area contributed by atoms with Crippen LogP contribution >= 0.6 is 0 Å². The van der Waals surface area contributed by atoms with Crippen LogP contribution in [0.25, 0.3) is 0 Å². The average Bonchev–Trinajstić information content (AvgIpc) is 2.29. The maximum atomic E-state index is 13.0. The Balaban J connectivity index is 2.26. The summed E-state index contributed by atoms with van der Waals surface area (Å²) in [7, 11) is 0. The summed E-state index contributed by atoms with van der Waals surface area (Å²) in [6.45, 7) is 0.671. The molecule has 6 heteroatoms. The van der Waals surface area contributed by atoms with Crippen molar-refractivity contribution in [1.82, 2.24) is 9.97 Å². The van der Waals surface area contributed by atoms with Gasteiger partial charge in [0.15, 0.2) is 0 Å². The molecule has 1 fully saturated rings. The Morgan fingerprint density at radius 3 is 3.00 bits per heavy atom. The molecule has 1 aromatic heterocycles. The number of primary amides is 1. The lowest BCUT2D eigenvalue weighted by Gasteiger charge is -2.34. The summed E-state index contributed by atoms with van der Waals surface area (Å²) in [5.74, 6) is -0.562. The number of amides is 1. The minimum absolute atomic E-state index is 0.386. The third kappa shape index (κ3) is 2.10. The standard InChI is InChI=1S/C10H13FN4O/c11-8-5-9(14-6-13-8)15-4-2-1-3-7(15)10(12)16/h5-7H,1-4H2,(H2,12,16). The van der Waals surface area contributed by atoms with Crippen molar-refractivity contribution in [1.29, 1.82) is 0 Å². The number of piperidine rings is 1. The zero-order valence-corrected chi connectivity index (χ0v) is 8.77. The van der Waals surface area contributed by atoms with Gasteiger partial charge in [-0.2, -0.15) is 4.39 Å². The summed E-state index contributed by atoms with van der Waals surface area (Å²) in [5, 5.41) is 0. The van der Waals surface area contributed by atoms with Gasteiger partial charge in [-0.25, -0.2) is 9.97 Å². The van der Waals surface area contributed by atoms with E-state index in [1.54, 1.807) is 4.90 Å². The third-order valence-electron chi connectivity index (χ3n) is 2.74. The Morgan fingerprint density at radius 1 is 1.50 bits per heavy atom. The van der Waals surface area contributed by atoms with Gasteiger partial charge in [0.1, 0.15) is 18.2 Å². The molecule has 0 aliphatic carbocycles. The average molecular weight is 224 g/mol. The van der Waals surface area contributed by atoms with Crippen LogP contribution in [-0.4, -0.2) is 28.5 Å². The van der Waals surface area contributed by atoms with Crippen molar-refractivity contribution >= 4 is 11.7 Å². The highest BCUT2D eigenvalue weighted by atomic mass is 19.1. The predicted octanol–water partition coefficient (Wildman–Crippen LogP) is 0.460. The normalized spacial score (nSPS) is 20.8. The zero-order valence-electron chi connectivity index (χ0n) is 8.77. The quantitative estimate of drug-likeness (QED) is 0.741. The Hall–Kier alpha value is -1.72. The van der Waals surface area contributed by atoms with E-state index >= 15 is 0 Å². The summed E-state index contributed by atoms with van der Waals surface area (Å²) in [4.78, 5) is 20.4. The van der Waals surface area contributed by atoms with Crippen LogP contribution < -0.4 is 10.6 Å². The van der Waals surface area contributed by atoms with Gasteiger partial charge in [0.2, 0.25) is 11.9 Å². The molecule has 0 saturated carbocycles. The van der Waals surface area contributed by atoms with Gasteiger partial charge in [-0.15, -0.1) is 0 Å². The lowest BCUT2D eigenvalue weighted by molar-refractivity contribution is -0.119. The molecular weight excluding hydrogens is 211 g/mol. The molecule has 1 aromatic rings. The number of carbonyl (C=O) groups is 1. The van der Waals surface area contributed by atoms with E-state index in [4.69, 9.17) is 5.73 Å². The molecule has 0 bridgehead atoms. The highest BCUT2D eigenvalue weighted by molar-refractivity contribution is 5.83. The molecule has 1 atom stereocenters. The van der Waals surface area contributed by atoms with Crippen molar-refractivity contribution in [2.24, 2.45) is 5.73 Å². The second-order valence-corrected chi connectivity index (χ2v) is 3.81. The van der Waals surface area contributed by atoms with Crippen molar-refractivity contribution in [2.45, 2.75) is 25.3 Å². The van der Waals surface area contributed by atoms with Crippen LogP contribution in [-0.2, 0) is 4.79 Å². The highest BCUT2D eigenvalue weighted by Gasteiger charge is 2.28. The van der Waals surface area contributed by atoms with Gasteiger partial charge in [-0.1, -0.05) is 0 Å². The van der Waals surface area contributed by atoms with E-state index in [2.05, 4.69) is 9.97 Å². The number of halogens is 1. The smallest absolute Gasteiger partial charge is 0.240 e. The van der Waals surface area contributed by atoms with Gasteiger partial charge in [0, 0.05) is 12.6 Å². The summed E-state index contributed by atoms with van der Waals surface area (Å²) in [5.41, 5.74) is 5.32. The first-order valence-electron chi connectivity index (χ1n) is 5.22. The fourth-order valence-corrected chi connectivity index (χ4v) is 1.98. The molecule has 2 heterocycles. The fourth-order valence-electron chi connectivity index (χ4n) is 1.98. The number of nitrogens with zero attached hydrogens (tertiary/aromatic N) is 3. The molecule has 0 aromatic carbocycles. The lowest BCUT2D eigenvalue weighted by Crippen LogP contribution is -2.48. The maximum absolute atomic E-state index is 13.0. The van der Waals surface area contributed by atoms with Crippen LogP contribution in [0.3, 0.4) is 0 Å². The molecular formula is C10H13FN4O. The molecule has 16 heavy (non-hydrogen) atoms.